The van der Waals surface area contributed by atoms with E-state index in [2.05, 4.69) is 0 Å². The minimum Gasteiger partial charge on any atom is -0.504 e. The molecule has 5 atom stereocenters. The van der Waals surface area contributed by atoms with Gasteiger partial charge in [0.15, 0.2) is 69.7 Å². The zero-order valence-electron chi connectivity index (χ0n) is 69.0. The molecule has 0 radical (unpaired) electrons. The van der Waals surface area contributed by atoms with E-state index in [0.717, 1.165) is 30.3 Å². The topological polar surface area (TPSA) is 334 Å². The van der Waals surface area contributed by atoms with Gasteiger partial charge in [-0.25, -0.2) is 24.0 Å². The van der Waals surface area contributed by atoms with Gasteiger partial charge in [-0.15, -0.1) is 0 Å². The minimum absolute atomic E-state index is 0.126. The number of esters is 5. The highest BCUT2D eigenvalue weighted by Gasteiger charge is 2.58. The number of carbonyl (C=O) groups excluding carboxylic acids is 5. The lowest BCUT2D eigenvalue weighted by Gasteiger charge is -2.43. The lowest BCUT2D eigenvalue weighted by Crippen LogP contribution is -2.63. The van der Waals surface area contributed by atoms with E-state index >= 15 is 24.0 Å². The average Bonchev–Trinajstić information content (AvgIpc) is 1.55. The molecule has 6 heterocycles. The molecular weight excluding hydrogens is 1690 g/mol. The zero-order chi connectivity index (χ0) is 90.0. The summed E-state index contributed by atoms with van der Waals surface area (Å²) in [5.41, 5.74) is 2.32. The van der Waals surface area contributed by atoms with Gasteiger partial charge in [0.1, 0.15) is 12.7 Å². The lowest BCUT2D eigenvalue weighted by molar-refractivity contribution is -0.282. The second kappa shape index (κ2) is 32.8. The molecule has 26 nitrogen and oxygen atoms in total. The molecule has 0 aliphatic carbocycles. The largest absolute Gasteiger partial charge is 0.504 e. The maximum absolute atomic E-state index is 16.2. The van der Waals surface area contributed by atoms with Crippen molar-refractivity contribution in [1.82, 2.24) is 0 Å². The first kappa shape index (κ1) is 81.6. The number of phenols is 5. The maximum atomic E-state index is 16.2. The fraction of sp³-hybridized carbons (Fsp3) is 0.104. The van der Waals surface area contributed by atoms with Gasteiger partial charge in [-0.1, -0.05) is 303 Å². The normalized spacial score (nSPS) is 18.1. The van der Waals surface area contributed by atoms with Gasteiger partial charge in [0.05, 0.1) is 27.8 Å². The van der Waals surface area contributed by atoms with E-state index in [9.17, 15) is 25.5 Å². The Labute approximate surface area is 751 Å². The van der Waals surface area contributed by atoms with Crippen molar-refractivity contribution >= 4 is 29.8 Å². The van der Waals surface area contributed by atoms with Crippen LogP contribution < -0.4 is 47.4 Å². The quantitative estimate of drug-likeness (QED) is 0.0329. The summed E-state index contributed by atoms with van der Waals surface area (Å²) in [6.45, 7) is -1.13. The Kier molecular flexibility index (Phi) is 20.3. The number of hydrogen-bond donors (Lipinski definition) is 5. The molecule has 132 heavy (non-hydrogen) atoms. The molecule has 1 saturated heterocycles. The van der Waals surface area contributed by atoms with Crippen molar-refractivity contribution < 1.29 is 125 Å². The summed E-state index contributed by atoms with van der Waals surface area (Å²) in [5, 5.41) is 61.0. The second-order valence-corrected chi connectivity index (χ2v) is 31.5. The van der Waals surface area contributed by atoms with Gasteiger partial charge in [0.2, 0.25) is 41.1 Å². The van der Waals surface area contributed by atoms with Gasteiger partial charge in [0, 0.05) is 55.6 Å². The summed E-state index contributed by atoms with van der Waals surface area (Å²) in [7, 11) is 0. The Hall–Kier alpha value is -17.4. The van der Waals surface area contributed by atoms with Crippen LogP contribution in [0.3, 0.4) is 0 Å². The molecule has 26 heteroatoms. The van der Waals surface area contributed by atoms with Gasteiger partial charge in [0.25, 0.3) is 0 Å². The molecule has 6 aliphatic rings. The summed E-state index contributed by atoms with van der Waals surface area (Å²) in [6, 6.07) is 98.7. The highest BCUT2D eigenvalue weighted by molar-refractivity contribution is 5.95. The molecule has 15 aromatic carbocycles. The summed E-state index contributed by atoms with van der Waals surface area (Å²) >= 11 is 0. The van der Waals surface area contributed by atoms with Crippen LogP contribution in [0.1, 0.15) is 107 Å². The van der Waals surface area contributed by atoms with Crippen molar-refractivity contribution in [3.05, 3.63) is 447 Å². The van der Waals surface area contributed by atoms with E-state index in [0.29, 0.717) is 55.6 Å². The third-order valence-corrected chi connectivity index (χ3v) is 23.3. The average molecular weight is 1760 g/mol. The lowest BCUT2D eigenvalue weighted by atomic mass is 9.97. The standard InChI is InChI=1S/C106H72O26/c107-77-51-62(56-82-88(77)128-102(123-82,67-31-11-1-12-32-67)68-33-13-2-14-34-68)96(112)117-61-87-93(119-97(113)63-52-78(108)89-83(57-63)124-103(129-89,69-35-15-3-16-36-69)70-37-17-4-18-38-70)94(120-98(114)64-53-79(109)90-84(58-64)125-104(130-90,71-39-19-5-20-40-71)72-41-21-6-22-42-72)95(121-99(115)65-54-80(110)91-85(59-65)126-105(131-91,73-43-23-7-24-44-73)74-45-25-8-26-46-74)101(118-87)122-100(116)66-55-81(111)92-86(60-66)127-106(132-92,75-47-27-9-28-48-75)76-49-29-10-30-50-76/h1-60,87,93-95,101,107-111H,61H2/t87-,93-,94+,95-,101+/m1/s1. The molecule has 0 amide bonds. The van der Waals surface area contributed by atoms with Gasteiger partial charge < -0.3 is 101 Å². The van der Waals surface area contributed by atoms with Crippen LogP contribution in [0.5, 0.6) is 86.2 Å². The molecule has 1 fully saturated rings. The highest BCUT2D eigenvalue weighted by Crippen LogP contribution is 2.59. The molecule has 15 aromatic rings. The Bertz CT molecular complexity index is 6770. The SMILES string of the molecule is O=C(OC[C@H]1O[C@@H](OC(=O)c2cc(O)c3c(c2)OC(c2ccccc2)(c2ccccc2)O3)[C@H](OC(=O)c2cc(O)c3c(c2)OC(c2ccccc2)(c2ccccc2)O3)[C@@H](OC(=O)c2cc(O)c3c(c2)OC(c2ccccc2)(c2ccccc2)O3)[C@@H]1OC(=O)c1cc(O)c2c(c1)OC(c1ccccc1)(c1ccccc1)O2)c1cc(O)c2c(c1)OC(c1ccccc1)(c1ccccc1)O2. The predicted octanol–water partition coefficient (Wildman–Crippen LogP) is 18.0. The highest BCUT2D eigenvalue weighted by atomic mass is 16.8. The van der Waals surface area contributed by atoms with E-state index in [1.165, 1.54) is 30.3 Å². The van der Waals surface area contributed by atoms with Crippen molar-refractivity contribution in [3.63, 3.8) is 0 Å². The van der Waals surface area contributed by atoms with E-state index in [4.69, 9.17) is 75.8 Å². The molecule has 0 aromatic heterocycles. The molecule has 0 saturated carbocycles. The third kappa shape index (κ3) is 14.3. The summed E-state index contributed by atoms with van der Waals surface area (Å²) in [5.74, 6) is -20.9. The number of fused-ring (bicyclic) bond motifs is 5. The fourth-order valence-corrected chi connectivity index (χ4v) is 17.1. The van der Waals surface area contributed by atoms with E-state index in [1.54, 1.807) is 303 Å². The minimum atomic E-state index is -2.50. The van der Waals surface area contributed by atoms with Crippen LogP contribution in [0.4, 0.5) is 0 Å². The van der Waals surface area contributed by atoms with Crippen LogP contribution in [0, 0.1) is 0 Å². The molecule has 5 N–H and O–H groups in total. The summed E-state index contributed by atoms with van der Waals surface area (Å²) < 4.78 is 106. The van der Waals surface area contributed by atoms with Crippen LogP contribution in [0.2, 0.25) is 0 Å². The molecule has 0 spiro atoms. The maximum Gasteiger partial charge on any atom is 0.340 e. The monoisotopic (exact) mass is 1760 g/mol. The summed E-state index contributed by atoms with van der Waals surface area (Å²) in [4.78, 5) is 79.5. The second-order valence-electron chi connectivity index (χ2n) is 31.5. The number of phenolic OH excluding ortho intramolecular Hbond substituents is 5. The Morgan fingerprint density at radius 3 is 0.636 bits per heavy atom. The third-order valence-electron chi connectivity index (χ3n) is 23.3. The van der Waals surface area contributed by atoms with Crippen molar-refractivity contribution in [2.75, 3.05) is 6.61 Å². The van der Waals surface area contributed by atoms with E-state index in [1.807, 2.05) is 0 Å². The zero-order valence-corrected chi connectivity index (χ0v) is 69.0. The van der Waals surface area contributed by atoms with Crippen LogP contribution in [0.15, 0.2) is 364 Å². The van der Waals surface area contributed by atoms with E-state index in [-0.39, 0.29) is 63.1 Å². The van der Waals surface area contributed by atoms with Crippen molar-refractivity contribution in [3.8, 4) is 86.2 Å². The first-order valence-corrected chi connectivity index (χ1v) is 41.8. The fourth-order valence-electron chi connectivity index (χ4n) is 17.1. The number of aromatic hydroxyl groups is 5. The molecule has 0 bridgehead atoms. The van der Waals surface area contributed by atoms with Crippen LogP contribution >= 0.6 is 0 Å². The van der Waals surface area contributed by atoms with E-state index < -0.39 is 147 Å². The molecule has 0 unspecified atom stereocenters. The van der Waals surface area contributed by atoms with Gasteiger partial charge >= 0.3 is 58.8 Å². The van der Waals surface area contributed by atoms with Crippen molar-refractivity contribution in [1.29, 1.82) is 0 Å². The molecular formula is C106H72O26. The molecule has 6 aliphatic heterocycles. The summed E-state index contributed by atoms with van der Waals surface area (Å²) in [6.07, 6.45) is -11.9. The molecule has 652 valence electrons. The number of ether oxygens (including phenoxy) is 16. The first-order valence-electron chi connectivity index (χ1n) is 41.8. The van der Waals surface area contributed by atoms with Crippen molar-refractivity contribution in [2.45, 2.75) is 59.6 Å². The number of carbonyl (C=O) groups is 5. The number of hydrogen-bond acceptors (Lipinski definition) is 26. The Morgan fingerprint density at radius 2 is 0.417 bits per heavy atom. The predicted molar refractivity (Wildman–Crippen MR) is 467 cm³/mol. The first-order chi connectivity index (χ1) is 64.3. The van der Waals surface area contributed by atoms with Crippen LogP contribution in [-0.4, -0.2) is 92.7 Å². The van der Waals surface area contributed by atoms with Crippen LogP contribution in [-0.2, 0) is 57.4 Å². The number of rotatable bonds is 21. The van der Waals surface area contributed by atoms with Gasteiger partial charge in [-0.3, -0.25) is 0 Å². The van der Waals surface area contributed by atoms with Gasteiger partial charge in [-0.2, -0.15) is 0 Å². The Balaban J connectivity index is 0.710. The van der Waals surface area contributed by atoms with Gasteiger partial charge in [-0.05, 0) is 60.7 Å². The van der Waals surface area contributed by atoms with Crippen LogP contribution in [0.25, 0.3) is 0 Å². The molecule has 21 rings (SSSR count). The number of benzene rings is 15. The van der Waals surface area contributed by atoms with Crippen molar-refractivity contribution in [2.24, 2.45) is 0 Å². The smallest absolute Gasteiger partial charge is 0.340 e. The Morgan fingerprint density at radius 1 is 0.227 bits per heavy atom.